The molecule has 0 aromatic carbocycles. The third-order valence-corrected chi connectivity index (χ3v) is 2.08. The van der Waals surface area contributed by atoms with Gasteiger partial charge in [0.15, 0.2) is 5.78 Å². The molecule has 1 aliphatic rings. The van der Waals surface area contributed by atoms with Crippen LogP contribution < -0.4 is 0 Å². The molecule has 1 saturated carbocycles. The maximum absolute atomic E-state index is 11.9. The highest BCUT2D eigenvalue weighted by Crippen LogP contribution is 2.27. The van der Waals surface area contributed by atoms with E-state index in [2.05, 4.69) is 0 Å². The summed E-state index contributed by atoms with van der Waals surface area (Å²) in [6, 6.07) is 0. The third-order valence-electron chi connectivity index (χ3n) is 2.08. The molecular weight excluding hydrogens is 201 g/mol. The van der Waals surface area contributed by atoms with Crippen LogP contribution in [0.2, 0.25) is 0 Å². The summed E-state index contributed by atoms with van der Waals surface area (Å²) in [5, 5.41) is 0. The number of hydrogen-bond acceptors (Lipinski definition) is 3. The van der Waals surface area contributed by atoms with Gasteiger partial charge in [-0.1, -0.05) is 0 Å². The summed E-state index contributed by atoms with van der Waals surface area (Å²) >= 11 is 0. The van der Waals surface area contributed by atoms with Crippen molar-refractivity contribution < 1.29 is 27.6 Å². The summed E-state index contributed by atoms with van der Waals surface area (Å²) in [5.74, 6) is -5.97. The molecule has 1 aliphatic carbocycles. The largest absolute Gasteiger partial charge is 0.450 e. The molecule has 0 radical (unpaired) electrons. The van der Waals surface area contributed by atoms with E-state index in [4.69, 9.17) is 0 Å². The van der Waals surface area contributed by atoms with Crippen LogP contribution >= 0.6 is 0 Å². The summed E-state index contributed by atoms with van der Waals surface area (Å²) < 4.78 is 35.8. The average Bonchev–Trinajstić information content (AvgIpc) is 2.07. The molecule has 0 N–H and O–H groups in total. The molecule has 0 amide bonds. The SMILES string of the molecule is O=C1CCCC(C(=O)C(F)(F)F)C1=O. The van der Waals surface area contributed by atoms with E-state index in [1.807, 2.05) is 0 Å². The Balaban J connectivity index is 2.83. The van der Waals surface area contributed by atoms with Crippen LogP contribution in [0.25, 0.3) is 0 Å². The molecule has 14 heavy (non-hydrogen) atoms. The van der Waals surface area contributed by atoms with Gasteiger partial charge < -0.3 is 0 Å². The van der Waals surface area contributed by atoms with Gasteiger partial charge in [-0.3, -0.25) is 14.4 Å². The van der Waals surface area contributed by atoms with E-state index in [9.17, 15) is 27.6 Å². The summed E-state index contributed by atoms with van der Waals surface area (Å²) in [6.07, 6.45) is -5.10. The lowest BCUT2D eigenvalue weighted by atomic mass is 9.84. The van der Waals surface area contributed by atoms with Crippen LogP contribution in [-0.2, 0) is 14.4 Å². The smallest absolute Gasteiger partial charge is 0.291 e. The average molecular weight is 208 g/mol. The second-order valence-electron chi connectivity index (χ2n) is 3.09. The normalized spacial score (nSPS) is 23.8. The van der Waals surface area contributed by atoms with Gasteiger partial charge in [-0.25, -0.2) is 0 Å². The number of Topliss-reactive ketones (excluding diaryl/α,β-unsaturated/α-hetero) is 3. The van der Waals surface area contributed by atoms with E-state index in [0.29, 0.717) is 0 Å². The lowest BCUT2D eigenvalue weighted by Crippen LogP contribution is -2.40. The van der Waals surface area contributed by atoms with Crippen molar-refractivity contribution in [2.24, 2.45) is 5.92 Å². The second kappa shape index (κ2) is 3.51. The Morgan fingerprint density at radius 2 is 1.86 bits per heavy atom. The van der Waals surface area contributed by atoms with Crippen LogP contribution in [0.4, 0.5) is 13.2 Å². The van der Waals surface area contributed by atoms with Crippen LogP contribution in [0.5, 0.6) is 0 Å². The monoisotopic (exact) mass is 208 g/mol. The highest BCUT2D eigenvalue weighted by Gasteiger charge is 2.48. The highest BCUT2D eigenvalue weighted by atomic mass is 19.4. The van der Waals surface area contributed by atoms with Crippen molar-refractivity contribution in [2.75, 3.05) is 0 Å². The first-order chi connectivity index (χ1) is 6.34. The molecule has 6 heteroatoms. The fraction of sp³-hybridized carbons (Fsp3) is 0.625. The van der Waals surface area contributed by atoms with Gasteiger partial charge in [0, 0.05) is 6.42 Å². The Bertz CT molecular complexity index is 293. The van der Waals surface area contributed by atoms with Crippen LogP contribution in [0.15, 0.2) is 0 Å². The first-order valence-corrected chi connectivity index (χ1v) is 4.02. The Kier molecular flexibility index (Phi) is 2.73. The topological polar surface area (TPSA) is 51.2 Å². The predicted molar refractivity (Wildman–Crippen MR) is 38.4 cm³/mol. The zero-order valence-corrected chi connectivity index (χ0v) is 7.06. The molecule has 0 heterocycles. The zero-order chi connectivity index (χ0) is 10.9. The van der Waals surface area contributed by atoms with Crippen LogP contribution in [-0.4, -0.2) is 23.5 Å². The number of carbonyl (C=O) groups is 3. The molecule has 0 aliphatic heterocycles. The van der Waals surface area contributed by atoms with Gasteiger partial charge in [0.25, 0.3) is 0 Å². The standard InChI is InChI=1S/C8H7F3O3/c9-8(10,11)7(14)4-2-1-3-5(12)6(4)13/h4H,1-3H2. The second-order valence-corrected chi connectivity index (χ2v) is 3.09. The predicted octanol–water partition coefficient (Wildman–Crippen LogP) is 1.06. The fourth-order valence-electron chi connectivity index (χ4n) is 1.36. The van der Waals surface area contributed by atoms with Gasteiger partial charge in [0.1, 0.15) is 0 Å². The van der Waals surface area contributed by atoms with Gasteiger partial charge in [0.05, 0.1) is 5.92 Å². The van der Waals surface area contributed by atoms with Crippen molar-refractivity contribution in [1.29, 1.82) is 0 Å². The molecule has 3 nitrogen and oxygen atoms in total. The van der Waals surface area contributed by atoms with Gasteiger partial charge in [-0.05, 0) is 12.8 Å². The minimum atomic E-state index is -5.03. The van der Waals surface area contributed by atoms with Gasteiger partial charge >= 0.3 is 6.18 Å². The highest BCUT2D eigenvalue weighted by molar-refractivity contribution is 6.42. The van der Waals surface area contributed by atoms with Crippen molar-refractivity contribution in [3.8, 4) is 0 Å². The van der Waals surface area contributed by atoms with E-state index in [1.54, 1.807) is 0 Å². The van der Waals surface area contributed by atoms with Crippen molar-refractivity contribution in [3.63, 3.8) is 0 Å². The van der Waals surface area contributed by atoms with Crippen molar-refractivity contribution >= 4 is 17.3 Å². The number of halogens is 3. The minimum Gasteiger partial charge on any atom is -0.291 e. The molecule has 0 spiro atoms. The minimum absolute atomic E-state index is 0.0551. The first kappa shape index (κ1) is 10.9. The fourth-order valence-corrected chi connectivity index (χ4v) is 1.36. The number of rotatable bonds is 1. The number of carbonyl (C=O) groups excluding carboxylic acids is 3. The van der Waals surface area contributed by atoms with Crippen LogP contribution in [0.1, 0.15) is 19.3 Å². The molecule has 1 rings (SSSR count). The van der Waals surface area contributed by atoms with Gasteiger partial charge in [0.2, 0.25) is 11.6 Å². The van der Waals surface area contributed by atoms with E-state index in [1.165, 1.54) is 0 Å². The lowest BCUT2D eigenvalue weighted by molar-refractivity contribution is -0.178. The Labute approximate surface area is 77.3 Å². The molecule has 1 atom stereocenters. The van der Waals surface area contributed by atoms with E-state index < -0.39 is 29.4 Å². The van der Waals surface area contributed by atoms with Crippen LogP contribution in [0, 0.1) is 5.92 Å². The van der Waals surface area contributed by atoms with Crippen molar-refractivity contribution in [2.45, 2.75) is 25.4 Å². The number of hydrogen-bond donors (Lipinski definition) is 0. The molecular formula is C8H7F3O3. The van der Waals surface area contributed by atoms with E-state index >= 15 is 0 Å². The maximum atomic E-state index is 11.9. The van der Waals surface area contributed by atoms with Crippen LogP contribution in [0.3, 0.4) is 0 Å². The number of alkyl halides is 3. The summed E-state index contributed by atoms with van der Waals surface area (Å²) in [7, 11) is 0. The summed E-state index contributed by atoms with van der Waals surface area (Å²) in [4.78, 5) is 32.4. The molecule has 0 bridgehead atoms. The first-order valence-electron chi connectivity index (χ1n) is 4.02. The van der Waals surface area contributed by atoms with E-state index in [0.717, 1.165) is 0 Å². The molecule has 0 aromatic heterocycles. The van der Waals surface area contributed by atoms with Gasteiger partial charge in [-0.15, -0.1) is 0 Å². The zero-order valence-electron chi connectivity index (χ0n) is 7.06. The molecule has 0 saturated heterocycles. The quantitative estimate of drug-likeness (QED) is 0.478. The maximum Gasteiger partial charge on any atom is 0.450 e. The third kappa shape index (κ3) is 2.00. The van der Waals surface area contributed by atoms with Gasteiger partial charge in [-0.2, -0.15) is 13.2 Å². The summed E-state index contributed by atoms with van der Waals surface area (Å²) in [6.45, 7) is 0. The lowest BCUT2D eigenvalue weighted by Gasteiger charge is -2.18. The Hall–Kier alpha value is -1.20. The van der Waals surface area contributed by atoms with Crippen molar-refractivity contribution in [3.05, 3.63) is 0 Å². The molecule has 78 valence electrons. The Morgan fingerprint density at radius 1 is 1.29 bits per heavy atom. The molecule has 1 fully saturated rings. The molecule has 0 aromatic rings. The molecule has 1 unspecified atom stereocenters. The summed E-state index contributed by atoms with van der Waals surface area (Å²) in [5.41, 5.74) is 0. The Morgan fingerprint density at radius 3 is 2.36 bits per heavy atom. The number of ketones is 3. The van der Waals surface area contributed by atoms with Crippen molar-refractivity contribution in [1.82, 2.24) is 0 Å². The van der Waals surface area contributed by atoms with E-state index in [-0.39, 0.29) is 19.3 Å².